The summed E-state index contributed by atoms with van der Waals surface area (Å²) in [5.41, 5.74) is 4.94. The summed E-state index contributed by atoms with van der Waals surface area (Å²) in [6.07, 6.45) is 0. The lowest BCUT2D eigenvalue weighted by molar-refractivity contribution is 1.44. The Bertz CT molecular complexity index is 789. The van der Waals surface area contributed by atoms with Gasteiger partial charge in [-0.25, -0.2) is 0 Å². The number of hydrogen-bond acceptors (Lipinski definition) is 0. The van der Waals surface area contributed by atoms with Gasteiger partial charge in [0.2, 0.25) is 0 Å². The van der Waals surface area contributed by atoms with Crippen LogP contribution >= 0.6 is 27.5 Å². The van der Waals surface area contributed by atoms with Crippen molar-refractivity contribution in [2.24, 2.45) is 0 Å². The fourth-order valence-corrected chi connectivity index (χ4v) is 3.22. The van der Waals surface area contributed by atoms with Crippen molar-refractivity contribution in [1.82, 2.24) is 0 Å². The lowest BCUT2D eigenvalue weighted by Gasteiger charge is -2.13. The van der Waals surface area contributed by atoms with Gasteiger partial charge in [-0.15, -0.1) is 0 Å². The second-order valence-corrected chi connectivity index (χ2v) is 6.34. The van der Waals surface area contributed by atoms with Gasteiger partial charge < -0.3 is 0 Å². The highest BCUT2D eigenvalue weighted by molar-refractivity contribution is 9.10. The molecule has 20 heavy (non-hydrogen) atoms. The van der Waals surface area contributed by atoms with Gasteiger partial charge in [-0.2, -0.15) is 0 Å². The second-order valence-electron chi connectivity index (χ2n) is 5.11. The molecule has 0 N–H and O–H groups in total. The summed E-state index contributed by atoms with van der Waals surface area (Å²) >= 11 is 9.74. The molecule has 100 valence electrons. The normalized spacial score (nSPS) is 11.0. The van der Waals surface area contributed by atoms with E-state index < -0.39 is 0 Å². The highest BCUT2D eigenvalue weighted by atomic mass is 79.9. The van der Waals surface area contributed by atoms with Gasteiger partial charge in [0.15, 0.2) is 0 Å². The van der Waals surface area contributed by atoms with Crippen molar-refractivity contribution in [2.45, 2.75) is 13.8 Å². The third kappa shape index (κ3) is 2.36. The maximum atomic E-state index is 6.00. The van der Waals surface area contributed by atoms with Crippen LogP contribution in [0, 0.1) is 13.8 Å². The third-order valence-electron chi connectivity index (χ3n) is 3.55. The van der Waals surface area contributed by atoms with E-state index in [1.807, 2.05) is 12.1 Å². The fourth-order valence-electron chi connectivity index (χ4n) is 2.54. The molecule has 0 radical (unpaired) electrons. The highest BCUT2D eigenvalue weighted by Gasteiger charge is 2.11. The Balaban J connectivity index is 2.38. The summed E-state index contributed by atoms with van der Waals surface area (Å²) in [6, 6.07) is 16.8. The van der Waals surface area contributed by atoms with Gasteiger partial charge in [0, 0.05) is 15.1 Å². The Hall–Kier alpha value is -1.31. The Kier molecular flexibility index (Phi) is 3.57. The van der Waals surface area contributed by atoms with Crippen LogP contribution in [0.2, 0.25) is 5.02 Å². The lowest BCUT2D eigenvalue weighted by atomic mass is 9.95. The summed E-state index contributed by atoms with van der Waals surface area (Å²) in [6.45, 7) is 4.25. The molecule has 0 amide bonds. The quantitative estimate of drug-likeness (QED) is 0.470. The molecule has 0 fully saturated rings. The first-order chi connectivity index (χ1) is 9.56. The van der Waals surface area contributed by atoms with Gasteiger partial charge in [0.05, 0.1) is 0 Å². The Morgan fingerprint density at radius 1 is 0.900 bits per heavy atom. The molecule has 0 aliphatic rings. The fraction of sp³-hybridized carbons (Fsp3) is 0.111. The van der Waals surface area contributed by atoms with Crippen LogP contribution in [-0.2, 0) is 0 Å². The van der Waals surface area contributed by atoms with E-state index in [1.54, 1.807) is 0 Å². The Morgan fingerprint density at radius 3 is 2.30 bits per heavy atom. The molecule has 0 aliphatic carbocycles. The van der Waals surface area contributed by atoms with Gasteiger partial charge in [-0.1, -0.05) is 53.6 Å². The molecule has 3 aromatic carbocycles. The summed E-state index contributed by atoms with van der Waals surface area (Å²) < 4.78 is 1.15. The first-order valence-corrected chi connectivity index (χ1v) is 7.69. The number of fused-ring (bicyclic) bond motifs is 1. The minimum atomic E-state index is 0.762. The van der Waals surface area contributed by atoms with Gasteiger partial charge in [0.1, 0.15) is 0 Å². The summed E-state index contributed by atoms with van der Waals surface area (Å²) in [4.78, 5) is 0. The molecule has 0 aromatic heterocycles. The van der Waals surface area contributed by atoms with Gasteiger partial charge in [-0.3, -0.25) is 0 Å². The van der Waals surface area contributed by atoms with E-state index in [-0.39, 0.29) is 0 Å². The Labute approximate surface area is 132 Å². The maximum absolute atomic E-state index is 6.00. The van der Waals surface area contributed by atoms with E-state index in [1.165, 1.54) is 33.0 Å². The zero-order valence-electron chi connectivity index (χ0n) is 11.4. The van der Waals surface area contributed by atoms with Gasteiger partial charge in [-0.05, 0) is 63.8 Å². The lowest BCUT2D eigenvalue weighted by Crippen LogP contribution is -1.88. The van der Waals surface area contributed by atoms with Crippen LogP contribution in [0.25, 0.3) is 21.9 Å². The SMILES string of the molecule is Cc1ccc2c(-c3ccc(Cl)cc3)c(Br)c(C)cc2c1. The minimum Gasteiger partial charge on any atom is -0.0843 e. The number of hydrogen-bond donors (Lipinski definition) is 0. The molecule has 0 saturated heterocycles. The molecular weight excluding hydrogens is 332 g/mol. The zero-order chi connectivity index (χ0) is 14.3. The summed E-state index contributed by atoms with van der Waals surface area (Å²) in [5, 5.41) is 3.30. The smallest absolute Gasteiger partial charge is 0.0406 e. The van der Waals surface area contributed by atoms with Crippen molar-refractivity contribution in [3.8, 4) is 11.1 Å². The van der Waals surface area contributed by atoms with E-state index in [0.29, 0.717) is 0 Å². The molecule has 0 spiro atoms. The molecule has 0 unspecified atom stereocenters. The second kappa shape index (κ2) is 5.23. The largest absolute Gasteiger partial charge is 0.0843 e. The molecule has 0 saturated carbocycles. The van der Waals surface area contributed by atoms with Crippen LogP contribution in [0.3, 0.4) is 0 Å². The van der Waals surface area contributed by atoms with Crippen molar-refractivity contribution in [3.05, 3.63) is 69.2 Å². The van der Waals surface area contributed by atoms with Gasteiger partial charge >= 0.3 is 0 Å². The third-order valence-corrected chi connectivity index (χ3v) is 4.82. The molecule has 2 heteroatoms. The van der Waals surface area contributed by atoms with Crippen LogP contribution in [0.5, 0.6) is 0 Å². The van der Waals surface area contributed by atoms with Crippen molar-refractivity contribution in [1.29, 1.82) is 0 Å². The number of rotatable bonds is 1. The predicted molar refractivity (Wildman–Crippen MR) is 91.6 cm³/mol. The van der Waals surface area contributed by atoms with E-state index in [0.717, 1.165) is 9.50 Å². The number of halogens is 2. The summed E-state index contributed by atoms with van der Waals surface area (Å²) in [5.74, 6) is 0. The van der Waals surface area contributed by atoms with Crippen LogP contribution in [0.15, 0.2) is 53.0 Å². The Morgan fingerprint density at radius 2 is 1.60 bits per heavy atom. The average molecular weight is 346 g/mol. The van der Waals surface area contributed by atoms with Crippen LogP contribution < -0.4 is 0 Å². The van der Waals surface area contributed by atoms with Crippen LogP contribution in [-0.4, -0.2) is 0 Å². The number of aryl methyl sites for hydroxylation is 2. The van der Waals surface area contributed by atoms with E-state index >= 15 is 0 Å². The summed E-state index contributed by atoms with van der Waals surface area (Å²) in [7, 11) is 0. The highest BCUT2D eigenvalue weighted by Crippen LogP contribution is 2.38. The van der Waals surface area contributed by atoms with E-state index in [2.05, 4.69) is 66.2 Å². The molecule has 0 bridgehead atoms. The van der Waals surface area contributed by atoms with Crippen LogP contribution in [0.4, 0.5) is 0 Å². The van der Waals surface area contributed by atoms with E-state index in [4.69, 9.17) is 11.6 Å². The van der Waals surface area contributed by atoms with E-state index in [9.17, 15) is 0 Å². The molecule has 0 atom stereocenters. The predicted octanol–water partition coefficient (Wildman–Crippen LogP) is 6.54. The minimum absolute atomic E-state index is 0.762. The molecule has 3 aromatic rings. The molecule has 0 nitrogen and oxygen atoms in total. The van der Waals surface area contributed by atoms with Crippen LogP contribution in [0.1, 0.15) is 11.1 Å². The first-order valence-electron chi connectivity index (χ1n) is 6.51. The maximum Gasteiger partial charge on any atom is 0.0406 e. The average Bonchev–Trinajstić information content (AvgIpc) is 2.42. The van der Waals surface area contributed by atoms with Crippen molar-refractivity contribution in [3.63, 3.8) is 0 Å². The molecule has 0 heterocycles. The molecule has 0 aliphatic heterocycles. The monoisotopic (exact) mass is 344 g/mol. The standard InChI is InChI=1S/C18H14BrCl/c1-11-3-8-16-14(9-11)10-12(2)18(19)17(16)13-4-6-15(20)7-5-13/h3-10H,1-2H3. The van der Waals surface area contributed by atoms with Crippen molar-refractivity contribution < 1.29 is 0 Å². The number of benzene rings is 3. The molecular formula is C18H14BrCl. The van der Waals surface area contributed by atoms with Crippen molar-refractivity contribution >= 4 is 38.3 Å². The topological polar surface area (TPSA) is 0 Å². The first kappa shape index (κ1) is 13.7. The van der Waals surface area contributed by atoms with Crippen molar-refractivity contribution in [2.75, 3.05) is 0 Å². The molecule has 3 rings (SSSR count). The zero-order valence-corrected chi connectivity index (χ0v) is 13.7. The van der Waals surface area contributed by atoms with Gasteiger partial charge in [0.25, 0.3) is 0 Å².